The molecular formula is C16H22O4. The zero-order chi connectivity index (χ0) is 15.7. The number of hydrogen-bond donors (Lipinski definition) is 2. The highest BCUT2D eigenvalue weighted by molar-refractivity contribution is 6.03. The molecule has 20 heavy (non-hydrogen) atoms. The van der Waals surface area contributed by atoms with Crippen LogP contribution in [-0.2, 0) is 5.41 Å². The van der Waals surface area contributed by atoms with E-state index in [9.17, 15) is 19.8 Å². The lowest BCUT2D eigenvalue weighted by atomic mass is 9.70. The smallest absolute Gasteiger partial charge is 0.336 e. The molecule has 0 aliphatic rings. The van der Waals surface area contributed by atoms with Crippen molar-refractivity contribution in [3.8, 4) is 0 Å². The SMILES string of the molecule is CC(C)(C)CC(C)(C)c1cccc(C(=O)O)c1C(=O)O. The topological polar surface area (TPSA) is 74.6 Å². The van der Waals surface area contributed by atoms with Crippen molar-refractivity contribution in [2.75, 3.05) is 0 Å². The van der Waals surface area contributed by atoms with Gasteiger partial charge >= 0.3 is 11.9 Å². The minimum absolute atomic E-state index is 0.0124. The molecule has 0 atom stereocenters. The van der Waals surface area contributed by atoms with Crippen molar-refractivity contribution in [2.24, 2.45) is 5.41 Å². The van der Waals surface area contributed by atoms with Crippen LogP contribution in [0.5, 0.6) is 0 Å². The van der Waals surface area contributed by atoms with Crippen molar-refractivity contribution in [3.05, 3.63) is 34.9 Å². The Kier molecular flexibility index (Phi) is 4.27. The average molecular weight is 278 g/mol. The van der Waals surface area contributed by atoms with Gasteiger partial charge < -0.3 is 10.2 Å². The first-order valence-corrected chi connectivity index (χ1v) is 6.56. The fraction of sp³-hybridized carbons (Fsp3) is 0.500. The van der Waals surface area contributed by atoms with Crippen LogP contribution in [0, 0.1) is 5.41 Å². The van der Waals surface area contributed by atoms with E-state index in [0.717, 1.165) is 6.42 Å². The summed E-state index contributed by atoms with van der Waals surface area (Å²) < 4.78 is 0. The minimum atomic E-state index is -1.21. The van der Waals surface area contributed by atoms with Gasteiger partial charge in [0.05, 0.1) is 11.1 Å². The van der Waals surface area contributed by atoms with E-state index in [4.69, 9.17) is 0 Å². The summed E-state index contributed by atoms with van der Waals surface area (Å²) in [4.78, 5) is 22.7. The second kappa shape index (κ2) is 5.27. The van der Waals surface area contributed by atoms with Gasteiger partial charge in [-0.3, -0.25) is 0 Å². The molecule has 0 aromatic heterocycles. The van der Waals surface area contributed by atoms with E-state index in [1.807, 2.05) is 13.8 Å². The Bertz CT molecular complexity index is 536. The third-order valence-corrected chi connectivity index (χ3v) is 3.21. The number of carboxylic acids is 2. The van der Waals surface area contributed by atoms with Gasteiger partial charge in [-0.15, -0.1) is 0 Å². The van der Waals surface area contributed by atoms with Crippen molar-refractivity contribution >= 4 is 11.9 Å². The molecule has 1 aromatic carbocycles. The normalized spacial score (nSPS) is 12.2. The Morgan fingerprint density at radius 2 is 1.55 bits per heavy atom. The van der Waals surface area contributed by atoms with Crippen molar-refractivity contribution in [1.82, 2.24) is 0 Å². The van der Waals surface area contributed by atoms with Crippen molar-refractivity contribution < 1.29 is 19.8 Å². The molecule has 0 saturated heterocycles. The molecule has 0 fully saturated rings. The van der Waals surface area contributed by atoms with Gasteiger partial charge in [-0.25, -0.2) is 9.59 Å². The van der Waals surface area contributed by atoms with E-state index in [0.29, 0.717) is 5.56 Å². The van der Waals surface area contributed by atoms with Crippen LogP contribution < -0.4 is 0 Å². The molecule has 4 nitrogen and oxygen atoms in total. The second-order valence-corrected chi connectivity index (χ2v) is 6.96. The molecule has 0 aliphatic heterocycles. The maximum Gasteiger partial charge on any atom is 0.336 e. The molecule has 0 saturated carbocycles. The predicted octanol–water partition coefficient (Wildman–Crippen LogP) is 3.80. The monoisotopic (exact) mass is 278 g/mol. The van der Waals surface area contributed by atoms with E-state index in [-0.39, 0.29) is 16.5 Å². The Morgan fingerprint density at radius 3 is 1.95 bits per heavy atom. The third-order valence-electron chi connectivity index (χ3n) is 3.21. The van der Waals surface area contributed by atoms with Crippen molar-refractivity contribution in [3.63, 3.8) is 0 Å². The summed E-state index contributed by atoms with van der Waals surface area (Å²) >= 11 is 0. The summed E-state index contributed by atoms with van der Waals surface area (Å²) in [6.45, 7) is 10.1. The molecule has 2 N–H and O–H groups in total. The molecule has 0 heterocycles. The molecule has 4 heteroatoms. The van der Waals surface area contributed by atoms with Gasteiger partial charge in [0.25, 0.3) is 0 Å². The van der Waals surface area contributed by atoms with Crippen LogP contribution in [0.3, 0.4) is 0 Å². The molecule has 0 unspecified atom stereocenters. The molecule has 110 valence electrons. The summed E-state index contributed by atoms with van der Waals surface area (Å²) in [6.07, 6.45) is 0.753. The van der Waals surface area contributed by atoms with Crippen molar-refractivity contribution in [1.29, 1.82) is 0 Å². The number of carbonyl (C=O) groups is 2. The maximum atomic E-state index is 11.5. The minimum Gasteiger partial charge on any atom is -0.478 e. The van der Waals surface area contributed by atoms with E-state index in [1.165, 1.54) is 6.07 Å². The molecule has 0 radical (unpaired) electrons. The summed E-state index contributed by atoms with van der Waals surface area (Å²) in [6, 6.07) is 4.65. The molecule has 0 spiro atoms. The van der Waals surface area contributed by atoms with Crippen molar-refractivity contribution in [2.45, 2.75) is 46.5 Å². The number of hydrogen-bond acceptors (Lipinski definition) is 2. The lowest BCUT2D eigenvalue weighted by Gasteiger charge is -2.34. The first-order valence-electron chi connectivity index (χ1n) is 6.56. The van der Waals surface area contributed by atoms with E-state index < -0.39 is 17.4 Å². The van der Waals surface area contributed by atoms with Gasteiger partial charge in [-0.2, -0.15) is 0 Å². The van der Waals surface area contributed by atoms with Crippen LogP contribution in [0.4, 0.5) is 0 Å². The van der Waals surface area contributed by atoms with Gasteiger partial charge in [0.1, 0.15) is 0 Å². The molecular weight excluding hydrogens is 256 g/mol. The first kappa shape index (κ1) is 16.2. The Morgan fingerprint density at radius 1 is 1.00 bits per heavy atom. The quantitative estimate of drug-likeness (QED) is 0.878. The lowest BCUT2D eigenvalue weighted by Crippen LogP contribution is -2.28. The Hall–Kier alpha value is -1.84. The zero-order valence-corrected chi connectivity index (χ0v) is 12.7. The first-order chi connectivity index (χ1) is 8.96. The fourth-order valence-electron chi connectivity index (χ4n) is 2.95. The van der Waals surface area contributed by atoms with E-state index in [2.05, 4.69) is 20.8 Å². The highest BCUT2D eigenvalue weighted by atomic mass is 16.4. The number of rotatable bonds is 4. The lowest BCUT2D eigenvalue weighted by molar-refractivity contribution is 0.0648. The maximum absolute atomic E-state index is 11.5. The van der Waals surface area contributed by atoms with Crippen LogP contribution >= 0.6 is 0 Å². The Balaban J connectivity index is 3.48. The predicted molar refractivity (Wildman–Crippen MR) is 77.5 cm³/mol. The highest BCUT2D eigenvalue weighted by Gasteiger charge is 2.32. The second-order valence-electron chi connectivity index (χ2n) is 6.96. The summed E-state index contributed by atoms with van der Waals surface area (Å²) in [5.74, 6) is -2.41. The largest absolute Gasteiger partial charge is 0.478 e. The molecule has 0 bridgehead atoms. The number of carboxylic acid groups (broad SMARTS) is 2. The van der Waals surface area contributed by atoms with E-state index in [1.54, 1.807) is 12.1 Å². The fourth-order valence-corrected chi connectivity index (χ4v) is 2.95. The molecule has 0 amide bonds. The molecule has 1 rings (SSSR count). The van der Waals surface area contributed by atoms with Gasteiger partial charge in [0.15, 0.2) is 0 Å². The van der Waals surface area contributed by atoms with Crippen LogP contribution in [-0.4, -0.2) is 22.2 Å². The van der Waals surface area contributed by atoms with Gasteiger partial charge in [-0.05, 0) is 28.9 Å². The molecule has 1 aromatic rings. The Labute approximate surface area is 119 Å². The summed E-state index contributed by atoms with van der Waals surface area (Å²) in [5.41, 5.74) is -0.0956. The van der Waals surface area contributed by atoms with Crippen LogP contribution in [0.2, 0.25) is 0 Å². The zero-order valence-electron chi connectivity index (χ0n) is 12.7. The summed E-state index contributed by atoms with van der Waals surface area (Å²) in [5, 5.41) is 18.6. The average Bonchev–Trinajstić information content (AvgIpc) is 2.24. The number of aromatic carboxylic acids is 2. The van der Waals surface area contributed by atoms with Crippen LogP contribution in [0.1, 0.15) is 67.3 Å². The number of benzene rings is 1. The van der Waals surface area contributed by atoms with Crippen LogP contribution in [0.25, 0.3) is 0 Å². The van der Waals surface area contributed by atoms with Gasteiger partial charge in [-0.1, -0.05) is 46.8 Å². The van der Waals surface area contributed by atoms with Gasteiger partial charge in [0, 0.05) is 0 Å². The molecule has 0 aliphatic carbocycles. The standard InChI is InChI=1S/C16H22O4/c1-15(2,3)9-16(4,5)11-8-6-7-10(13(17)18)12(11)14(19)20/h6-8H,9H2,1-5H3,(H,17,18)(H,19,20). The highest BCUT2D eigenvalue weighted by Crippen LogP contribution is 2.38. The van der Waals surface area contributed by atoms with Crippen LogP contribution in [0.15, 0.2) is 18.2 Å². The van der Waals surface area contributed by atoms with E-state index >= 15 is 0 Å². The third kappa shape index (κ3) is 3.59. The van der Waals surface area contributed by atoms with Gasteiger partial charge in [0.2, 0.25) is 0 Å². The summed E-state index contributed by atoms with van der Waals surface area (Å²) in [7, 11) is 0.